The third kappa shape index (κ3) is 3.59. The number of para-hydroxylation sites is 2. The number of hydrogen-bond acceptors (Lipinski definition) is 3. The quantitative estimate of drug-likeness (QED) is 0.205. The maximum Gasteiger partial charge on any atom is 0.137 e. The fourth-order valence-corrected chi connectivity index (χ4v) is 7.99. The van der Waals surface area contributed by atoms with Crippen molar-refractivity contribution < 1.29 is 0 Å². The molecule has 0 radical (unpaired) electrons. The van der Waals surface area contributed by atoms with E-state index in [1.165, 1.54) is 42.5 Å². The Morgan fingerprint density at radius 2 is 1.29 bits per heavy atom. The van der Waals surface area contributed by atoms with E-state index in [1.807, 2.05) is 12.3 Å². The monoisotopic (exact) mass is 592 g/mol. The number of aromatic nitrogens is 4. The lowest BCUT2D eigenvalue weighted by Crippen LogP contribution is -1.98. The molecule has 6 aromatic carbocycles. The second kappa shape index (κ2) is 9.36. The van der Waals surface area contributed by atoms with Gasteiger partial charge in [0.15, 0.2) is 0 Å². The van der Waals surface area contributed by atoms with Gasteiger partial charge < -0.3 is 4.57 Å². The summed E-state index contributed by atoms with van der Waals surface area (Å²) in [5.74, 6) is 0.909. The first kappa shape index (κ1) is 24.6. The molecule has 0 spiro atoms. The lowest BCUT2D eigenvalue weighted by molar-refractivity contribution is 1.08. The summed E-state index contributed by atoms with van der Waals surface area (Å²) >= 11 is 1.74. The molecule has 10 aromatic rings. The average molecular weight is 593 g/mol. The minimum absolute atomic E-state index is 0.909. The van der Waals surface area contributed by atoms with Crippen LogP contribution < -0.4 is 0 Å². The predicted octanol–water partition coefficient (Wildman–Crippen LogP) is 10.7. The molecule has 0 bridgehead atoms. The zero-order valence-electron chi connectivity index (χ0n) is 24.1. The van der Waals surface area contributed by atoms with Crippen molar-refractivity contribution in [1.82, 2.24) is 19.1 Å². The van der Waals surface area contributed by atoms with Gasteiger partial charge in [-0.2, -0.15) is 0 Å². The Labute approximate surface area is 262 Å². The number of fused-ring (bicyclic) bond motifs is 9. The summed E-state index contributed by atoms with van der Waals surface area (Å²) in [7, 11) is 0. The standard InChI is InChI=1S/C40H24N4S/c1-2-10-28-25(9-1)17-21-34-39(28)31-19-16-26(40-42-32-12-4-6-14-37(32)45-40)23-35(31)43(34)27-18-20-30-29-11-3-5-13-33(29)44(36(30)24-27)38-15-7-8-22-41-38/h1-24H. The van der Waals surface area contributed by atoms with Crippen molar-refractivity contribution in [2.45, 2.75) is 0 Å². The van der Waals surface area contributed by atoms with Crippen LogP contribution in [0.5, 0.6) is 0 Å². The van der Waals surface area contributed by atoms with Gasteiger partial charge in [0.25, 0.3) is 0 Å². The van der Waals surface area contributed by atoms with Gasteiger partial charge in [0.05, 0.1) is 32.3 Å². The van der Waals surface area contributed by atoms with Gasteiger partial charge in [-0.25, -0.2) is 9.97 Å². The molecule has 0 N–H and O–H groups in total. The smallest absolute Gasteiger partial charge is 0.137 e. The zero-order valence-corrected chi connectivity index (χ0v) is 24.9. The van der Waals surface area contributed by atoms with Gasteiger partial charge in [0.2, 0.25) is 0 Å². The average Bonchev–Trinajstić information content (AvgIpc) is 3.78. The second-order valence-electron chi connectivity index (χ2n) is 11.5. The van der Waals surface area contributed by atoms with Gasteiger partial charge in [0.1, 0.15) is 10.8 Å². The zero-order chi connectivity index (χ0) is 29.5. The largest absolute Gasteiger partial charge is 0.309 e. The van der Waals surface area contributed by atoms with Crippen LogP contribution in [0.2, 0.25) is 0 Å². The van der Waals surface area contributed by atoms with E-state index in [-0.39, 0.29) is 0 Å². The van der Waals surface area contributed by atoms with Crippen LogP contribution in [0.25, 0.3) is 86.7 Å². The molecule has 0 atom stereocenters. The third-order valence-corrected chi connectivity index (χ3v) is 10.1. The van der Waals surface area contributed by atoms with E-state index < -0.39 is 0 Å². The number of thiazole rings is 1. The van der Waals surface area contributed by atoms with Crippen molar-refractivity contribution in [2.24, 2.45) is 0 Å². The molecular formula is C40H24N4S. The van der Waals surface area contributed by atoms with Crippen molar-refractivity contribution >= 4 is 75.9 Å². The van der Waals surface area contributed by atoms with Crippen LogP contribution in [0.15, 0.2) is 146 Å². The van der Waals surface area contributed by atoms with Crippen LogP contribution in [0.1, 0.15) is 0 Å². The van der Waals surface area contributed by atoms with Crippen molar-refractivity contribution in [3.63, 3.8) is 0 Å². The van der Waals surface area contributed by atoms with Crippen LogP contribution in [0.4, 0.5) is 0 Å². The molecule has 0 saturated carbocycles. The summed E-state index contributed by atoms with van der Waals surface area (Å²) < 4.78 is 5.91. The van der Waals surface area contributed by atoms with Gasteiger partial charge in [-0.15, -0.1) is 11.3 Å². The molecular weight excluding hydrogens is 569 g/mol. The van der Waals surface area contributed by atoms with Crippen LogP contribution in [0.3, 0.4) is 0 Å². The van der Waals surface area contributed by atoms with Gasteiger partial charge in [-0.05, 0) is 65.4 Å². The Balaban J connectivity index is 1.31. The third-order valence-electron chi connectivity index (χ3n) is 8.99. The normalized spacial score (nSPS) is 12.0. The van der Waals surface area contributed by atoms with Crippen molar-refractivity contribution in [1.29, 1.82) is 0 Å². The summed E-state index contributed by atoms with van der Waals surface area (Å²) in [5.41, 5.74) is 7.90. The first-order valence-corrected chi connectivity index (χ1v) is 15.9. The summed E-state index contributed by atoms with van der Waals surface area (Å²) in [6.45, 7) is 0. The lowest BCUT2D eigenvalue weighted by atomic mass is 10.0. The minimum Gasteiger partial charge on any atom is -0.309 e. The number of benzene rings is 6. The van der Waals surface area contributed by atoms with Crippen molar-refractivity contribution in [3.8, 4) is 22.1 Å². The van der Waals surface area contributed by atoms with Crippen LogP contribution >= 0.6 is 11.3 Å². The second-order valence-corrected chi connectivity index (χ2v) is 12.5. The van der Waals surface area contributed by atoms with Crippen molar-refractivity contribution in [3.05, 3.63) is 146 Å². The van der Waals surface area contributed by atoms with E-state index >= 15 is 0 Å². The Kier molecular flexibility index (Phi) is 5.12. The number of hydrogen-bond donors (Lipinski definition) is 0. The molecule has 0 fully saturated rings. The number of rotatable bonds is 3. The van der Waals surface area contributed by atoms with Gasteiger partial charge >= 0.3 is 0 Å². The Bertz CT molecular complexity index is 2730. The fraction of sp³-hybridized carbons (Fsp3) is 0. The number of pyridine rings is 1. The first-order chi connectivity index (χ1) is 22.3. The van der Waals surface area contributed by atoms with Gasteiger partial charge in [0, 0.05) is 39.0 Å². The van der Waals surface area contributed by atoms with Crippen LogP contribution in [-0.2, 0) is 0 Å². The van der Waals surface area contributed by atoms with Gasteiger partial charge in [-0.3, -0.25) is 4.57 Å². The van der Waals surface area contributed by atoms with E-state index in [0.717, 1.165) is 44.1 Å². The maximum absolute atomic E-state index is 5.01. The molecule has 0 aliphatic rings. The minimum atomic E-state index is 0.909. The summed E-state index contributed by atoms with van der Waals surface area (Å²) in [6.07, 6.45) is 1.86. The highest BCUT2D eigenvalue weighted by Gasteiger charge is 2.19. The molecule has 5 heteroatoms. The lowest BCUT2D eigenvalue weighted by Gasteiger charge is -2.11. The molecule has 0 aliphatic carbocycles. The van der Waals surface area contributed by atoms with E-state index in [4.69, 9.17) is 9.97 Å². The molecule has 4 heterocycles. The topological polar surface area (TPSA) is 35.6 Å². The molecule has 0 amide bonds. The molecule has 210 valence electrons. The van der Waals surface area contributed by atoms with Crippen molar-refractivity contribution in [2.75, 3.05) is 0 Å². The summed E-state index contributed by atoms with van der Waals surface area (Å²) in [4.78, 5) is 9.77. The Hall–Kier alpha value is -5.78. The SMILES string of the molecule is c1ccc(-n2c3ccccc3c3ccc(-n4c5cc(-c6nc7ccccc7s6)ccc5c5c6ccccc6ccc54)cc32)nc1. The molecule has 4 nitrogen and oxygen atoms in total. The molecule has 0 unspecified atom stereocenters. The van der Waals surface area contributed by atoms with E-state index in [1.54, 1.807) is 11.3 Å². The molecule has 4 aromatic heterocycles. The number of nitrogens with zero attached hydrogens (tertiary/aromatic N) is 4. The first-order valence-electron chi connectivity index (χ1n) is 15.1. The van der Waals surface area contributed by atoms with E-state index in [0.29, 0.717) is 0 Å². The molecule has 0 saturated heterocycles. The highest BCUT2D eigenvalue weighted by Crippen LogP contribution is 2.41. The Morgan fingerprint density at radius 1 is 0.511 bits per heavy atom. The Morgan fingerprint density at radius 3 is 2.20 bits per heavy atom. The molecule has 10 rings (SSSR count). The van der Waals surface area contributed by atoms with E-state index in [9.17, 15) is 0 Å². The highest BCUT2D eigenvalue weighted by atomic mass is 32.1. The summed E-state index contributed by atoms with van der Waals surface area (Å²) in [6, 6.07) is 49.9. The fourth-order valence-electron chi connectivity index (χ4n) is 7.03. The van der Waals surface area contributed by atoms with Crippen LogP contribution in [0, 0.1) is 0 Å². The molecule has 0 aliphatic heterocycles. The van der Waals surface area contributed by atoms with E-state index in [2.05, 4.69) is 143 Å². The highest BCUT2D eigenvalue weighted by molar-refractivity contribution is 7.21. The summed E-state index contributed by atoms with van der Waals surface area (Å²) in [5, 5.41) is 8.46. The van der Waals surface area contributed by atoms with Gasteiger partial charge in [-0.1, -0.05) is 84.9 Å². The molecule has 45 heavy (non-hydrogen) atoms. The maximum atomic E-state index is 5.01. The predicted molar refractivity (Wildman–Crippen MR) is 189 cm³/mol. The van der Waals surface area contributed by atoms with Crippen LogP contribution in [-0.4, -0.2) is 19.1 Å².